The fourth-order valence-electron chi connectivity index (χ4n) is 2.76. The van der Waals surface area contributed by atoms with Crippen molar-refractivity contribution in [2.45, 2.75) is 0 Å². The van der Waals surface area contributed by atoms with Gasteiger partial charge in [0.25, 0.3) is 0 Å². The topological polar surface area (TPSA) is 17.1 Å². The molecule has 0 aliphatic rings. The Bertz CT molecular complexity index is 923. The molecule has 0 aromatic heterocycles. The first-order valence-electron chi connectivity index (χ1n) is 7.26. The molecule has 0 spiro atoms. The van der Waals surface area contributed by atoms with Crippen LogP contribution in [-0.4, -0.2) is 0 Å². The van der Waals surface area contributed by atoms with Gasteiger partial charge in [-0.3, -0.25) is 0 Å². The number of hydrogen-bond donors (Lipinski definition) is 0. The molecule has 0 unspecified atom stereocenters. The average Bonchev–Trinajstić information content (AvgIpc) is 2.60. The van der Waals surface area contributed by atoms with Crippen LogP contribution in [0.25, 0.3) is 21.5 Å². The Kier molecular flexibility index (Phi) is 3.21. The molecule has 2 heteroatoms. The van der Waals surface area contributed by atoms with Gasteiger partial charge in [-0.15, -0.1) is 0 Å². The van der Waals surface area contributed by atoms with E-state index in [1.54, 1.807) is 0 Å². The van der Waals surface area contributed by atoms with Crippen molar-refractivity contribution in [3.05, 3.63) is 84.9 Å². The summed E-state index contributed by atoms with van der Waals surface area (Å²) in [5, 5.41) is 6.36. The van der Waals surface area contributed by atoms with Crippen LogP contribution in [0.3, 0.4) is 0 Å². The Morgan fingerprint density at radius 1 is 0.500 bits per heavy atom. The Balaban J connectivity index is 1.80. The van der Waals surface area contributed by atoms with E-state index in [-0.39, 0.29) is 0 Å². The zero-order chi connectivity index (χ0) is 14.9. The van der Waals surface area contributed by atoms with E-state index in [1.807, 2.05) is 60.7 Å². The summed E-state index contributed by atoms with van der Waals surface area (Å²) in [7, 11) is -1.57. The van der Waals surface area contributed by atoms with E-state index in [9.17, 15) is 4.57 Å². The Hall–Kier alpha value is -2.50. The van der Waals surface area contributed by atoms with Gasteiger partial charge in [0, 0.05) is 0 Å². The molecular formula is C20H14OP+. The second-order valence-electron chi connectivity index (χ2n) is 5.36. The van der Waals surface area contributed by atoms with E-state index in [4.69, 9.17) is 0 Å². The van der Waals surface area contributed by atoms with Crippen LogP contribution in [0, 0.1) is 0 Å². The Morgan fingerprint density at radius 3 is 1.36 bits per heavy atom. The molecular weight excluding hydrogens is 287 g/mol. The minimum absolute atomic E-state index is 0.879. The van der Waals surface area contributed by atoms with E-state index < -0.39 is 7.80 Å². The summed E-state index contributed by atoms with van der Waals surface area (Å²) in [5.74, 6) is 0. The normalized spacial score (nSPS) is 10.9. The van der Waals surface area contributed by atoms with Gasteiger partial charge in [0.1, 0.15) is 0 Å². The van der Waals surface area contributed by atoms with Gasteiger partial charge in [0.05, 0.1) is 0 Å². The van der Waals surface area contributed by atoms with Crippen LogP contribution in [0.2, 0.25) is 0 Å². The lowest BCUT2D eigenvalue weighted by molar-refractivity contribution is 0.598. The Morgan fingerprint density at radius 2 is 0.909 bits per heavy atom. The zero-order valence-electron chi connectivity index (χ0n) is 11.9. The molecule has 0 radical (unpaired) electrons. The lowest BCUT2D eigenvalue weighted by Crippen LogP contribution is -2.06. The second-order valence-corrected chi connectivity index (χ2v) is 6.98. The maximum absolute atomic E-state index is 12.9. The third kappa shape index (κ3) is 2.30. The summed E-state index contributed by atoms with van der Waals surface area (Å²) >= 11 is 0. The standard InChI is InChI=1S/C20H14OP/c21-22(19-11-9-15-5-1-3-7-17(15)13-19)20-12-10-16-6-2-4-8-18(16)14-20/h1-14H/q+1. The highest BCUT2D eigenvalue weighted by atomic mass is 31.1. The largest absolute Gasteiger partial charge is 0.415 e. The van der Waals surface area contributed by atoms with Gasteiger partial charge in [-0.25, -0.2) is 0 Å². The molecule has 4 rings (SSSR count). The van der Waals surface area contributed by atoms with Crippen molar-refractivity contribution >= 4 is 40.0 Å². The van der Waals surface area contributed by atoms with Crippen molar-refractivity contribution in [3.8, 4) is 0 Å². The van der Waals surface area contributed by atoms with E-state index in [0.29, 0.717) is 0 Å². The molecule has 0 saturated heterocycles. The third-order valence-corrected chi connectivity index (χ3v) is 5.43. The maximum atomic E-state index is 12.9. The van der Waals surface area contributed by atoms with Crippen molar-refractivity contribution in [3.63, 3.8) is 0 Å². The minimum atomic E-state index is -1.57. The summed E-state index contributed by atoms with van der Waals surface area (Å²) in [5.41, 5.74) is 0. The number of fused-ring (bicyclic) bond motifs is 2. The molecule has 0 aliphatic heterocycles. The van der Waals surface area contributed by atoms with Gasteiger partial charge in [0.2, 0.25) is 0 Å². The van der Waals surface area contributed by atoms with E-state index in [2.05, 4.69) is 24.3 Å². The quantitative estimate of drug-likeness (QED) is 0.487. The number of rotatable bonds is 2. The number of benzene rings is 4. The van der Waals surface area contributed by atoms with Crippen molar-refractivity contribution in [2.24, 2.45) is 0 Å². The molecule has 0 saturated carbocycles. The molecule has 0 fully saturated rings. The lowest BCUT2D eigenvalue weighted by atomic mass is 10.1. The maximum Gasteiger partial charge on any atom is 0.415 e. The molecule has 0 amide bonds. The van der Waals surface area contributed by atoms with Gasteiger partial charge in [-0.1, -0.05) is 53.1 Å². The van der Waals surface area contributed by atoms with Crippen LogP contribution < -0.4 is 10.6 Å². The highest BCUT2D eigenvalue weighted by Crippen LogP contribution is 2.24. The first-order chi connectivity index (χ1) is 10.8. The van der Waals surface area contributed by atoms with Crippen molar-refractivity contribution in [1.29, 1.82) is 0 Å². The molecule has 0 aliphatic carbocycles. The van der Waals surface area contributed by atoms with Crippen LogP contribution >= 0.6 is 7.80 Å². The van der Waals surface area contributed by atoms with Gasteiger partial charge in [-0.2, -0.15) is 0 Å². The molecule has 104 valence electrons. The molecule has 0 bridgehead atoms. The summed E-state index contributed by atoms with van der Waals surface area (Å²) in [6.07, 6.45) is 0. The summed E-state index contributed by atoms with van der Waals surface area (Å²) < 4.78 is 12.9. The van der Waals surface area contributed by atoms with Gasteiger partial charge < -0.3 is 0 Å². The predicted octanol–water partition coefficient (Wildman–Crippen LogP) is 4.77. The van der Waals surface area contributed by atoms with Crippen LogP contribution in [0.1, 0.15) is 0 Å². The molecule has 1 nitrogen and oxygen atoms in total. The first kappa shape index (κ1) is 13.2. The molecule has 0 N–H and O–H groups in total. The van der Waals surface area contributed by atoms with Crippen molar-refractivity contribution in [2.75, 3.05) is 0 Å². The number of hydrogen-bond acceptors (Lipinski definition) is 1. The van der Waals surface area contributed by atoms with Crippen LogP contribution in [0.15, 0.2) is 84.9 Å². The zero-order valence-corrected chi connectivity index (χ0v) is 12.8. The summed E-state index contributed by atoms with van der Waals surface area (Å²) in [6.45, 7) is 0. The van der Waals surface area contributed by atoms with E-state index in [1.165, 1.54) is 10.8 Å². The van der Waals surface area contributed by atoms with E-state index in [0.717, 1.165) is 21.4 Å². The molecule has 0 heterocycles. The lowest BCUT2D eigenvalue weighted by Gasteiger charge is -1.98. The Labute approximate surface area is 130 Å². The minimum Gasteiger partial charge on any atom is -0.0616 e. The fourth-order valence-corrected chi connectivity index (χ4v) is 3.99. The average molecular weight is 301 g/mol. The highest BCUT2D eigenvalue weighted by molar-refractivity contribution is 7.61. The highest BCUT2D eigenvalue weighted by Gasteiger charge is 2.23. The van der Waals surface area contributed by atoms with Crippen molar-refractivity contribution in [1.82, 2.24) is 0 Å². The van der Waals surface area contributed by atoms with Crippen LogP contribution in [0.4, 0.5) is 0 Å². The van der Waals surface area contributed by atoms with Gasteiger partial charge in [0.15, 0.2) is 10.6 Å². The first-order valence-corrected chi connectivity index (χ1v) is 8.52. The SMILES string of the molecule is O=[P+](c1ccc2ccccc2c1)c1ccc2ccccc2c1. The predicted molar refractivity (Wildman–Crippen MR) is 94.8 cm³/mol. The van der Waals surface area contributed by atoms with Gasteiger partial charge in [-0.05, 0) is 57.9 Å². The molecule has 4 aromatic rings. The molecule has 4 aromatic carbocycles. The van der Waals surface area contributed by atoms with Gasteiger partial charge >= 0.3 is 7.80 Å². The van der Waals surface area contributed by atoms with E-state index >= 15 is 0 Å². The smallest absolute Gasteiger partial charge is 0.0616 e. The summed E-state index contributed by atoms with van der Waals surface area (Å²) in [4.78, 5) is 0. The second kappa shape index (κ2) is 5.36. The van der Waals surface area contributed by atoms with Crippen LogP contribution in [-0.2, 0) is 4.57 Å². The summed E-state index contributed by atoms with van der Waals surface area (Å²) in [6, 6.07) is 28.4. The van der Waals surface area contributed by atoms with Crippen molar-refractivity contribution < 1.29 is 4.57 Å². The molecule has 0 atom stereocenters. The third-order valence-electron chi connectivity index (χ3n) is 3.94. The van der Waals surface area contributed by atoms with Crippen LogP contribution in [0.5, 0.6) is 0 Å². The monoisotopic (exact) mass is 301 g/mol. The molecule has 22 heavy (non-hydrogen) atoms. The fraction of sp³-hybridized carbons (Fsp3) is 0.